The number of piperidine rings is 1. The van der Waals surface area contributed by atoms with E-state index >= 15 is 0 Å². The molecule has 0 saturated carbocycles. The number of H-pyrrole nitrogens is 1. The molecule has 0 atom stereocenters. The molecule has 1 aromatic heterocycles. The highest BCUT2D eigenvalue weighted by Gasteiger charge is 2.29. The molecule has 3 nitrogen and oxygen atoms in total. The van der Waals surface area contributed by atoms with Gasteiger partial charge in [0.15, 0.2) is 0 Å². The second kappa shape index (κ2) is 2.90. The van der Waals surface area contributed by atoms with Crippen LogP contribution < -0.4 is 5.32 Å². The molecule has 1 aliphatic heterocycles. The highest BCUT2D eigenvalue weighted by atomic mass is 15.1. The maximum Gasteiger partial charge on any atom is 0.0490 e. The van der Waals surface area contributed by atoms with Crippen molar-refractivity contribution in [2.24, 2.45) is 0 Å². The van der Waals surface area contributed by atoms with Crippen LogP contribution in [-0.2, 0) is 5.41 Å². The van der Waals surface area contributed by atoms with Crippen molar-refractivity contribution in [1.29, 1.82) is 0 Å². The van der Waals surface area contributed by atoms with Gasteiger partial charge in [0, 0.05) is 17.3 Å². The SMILES string of the molecule is CC1(c2ccn[nH]2)CCNCC1. The maximum absolute atomic E-state index is 4.00. The summed E-state index contributed by atoms with van der Waals surface area (Å²) < 4.78 is 0. The predicted octanol–water partition coefficient (Wildman–Crippen LogP) is 1.05. The molecule has 0 aliphatic carbocycles. The predicted molar refractivity (Wildman–Crippen MR) is 48.0 cm³/mol. The first-order valence-electron chi connectivity index (χ1n) is 4.52. The van der Waals surface area contributed by atoms with Crippen molar-refractivity contribution in [3.63, 3.8) is 0 Å². The van der Waals surface area contributed by atoms with Gasteiger partial charge in [0.1, 0.15) is 0 Å². The van der Waals surface area contributed by atoms with Crippen molar-refractivity contribution >= 4 is 0 Å². The first-order valence-corrected chi connectivity index (χ1v) is 4.52. The third-order valence-electron chi connectivity index (χ3n) is 2.86. The van der Waals surface area contributed by atoms with Gasteiger partial charge in [-0.05, 0) is 32.0 Å². The van der Waals surface area contributed by atoms with Crippen molar-refractivity contribution in [3.05, 3.63) is 18.0 Å². The van der Waals surface area contributed by atoms with Crippen LogP contribution >= 0.6 is 0 Å². The van der Waals surface area contributed by atoms with Crippen LogP contribution in [0.3, 0.4) is 0 Å². The molecule has 0 aromatic carbocycles. The lowest BCUT2D eigenvalue weighted by atomic mass is 9.78. The summed E-state index contributed by atoms with van der Waals surface area (Å²) in [5, 5.41) is 10.4. The van der Waals surface area contributed by atoms with Crippen LogP contribution in [0.25, 0.3) is 0 Å². The van der Waals surface area contributed by atoms with Crippen LogP contribution in [-0.4, -0.2) is 23.3 Å². The average molecular weight is 165 g/mol. The molecule has 12 heavy (non-hydrogen) atoms. The van der Waals surface area contributed by atoms with Gasteiger partial charge in [0.25, 0.3) is 0 Å². The van der Waals surface area contributed by atoms with Gasteiger partial charge in [-0.25, -0.2) is 0 Å². The largest absolute Gasteiger partial charge is 0.317 e. The Balaban J connectivity index is 2.19. The monoisotopic (exact) mass is 165 g/mol. The van der Waals surface area contributed by atoms with Crippen molar-refractivity contribution < 1.29 is 0 Å². The van der Waals surface area contributed by atoms with Crippen LogP contribution in [0.15, 0.2) is 12.3 Å². The quantitative estimate of drug-likeness (QED) is 0.653. The number of nitrogens with one attached hydrogen (secondary N) is 2. The Morgan fingerprint density at radius 2 is 2.17 bits per heavy atom. The van der Waals surface area contributed by atoms with E-state index in [0.717, 1.165) is 13.1 Å². The molecule has 2 heterocycles. The Labute approximate surface area is 72.6 Å². The fraction of sp³-hybridized carbons (Fsp3) is 0.667. The van der Waals surface area contributed by atoms with Crippen molar-refractivity contribution in [3.8, 4) is 0 Å². The van der Waals surface area contributed by atoms with Gasteiger partial charge in [0.2, 0.25) is 0 Å². The summed E-state index contributed by atoms with van der Waals surface area (Å²) in [6.07, 6.45) is 4.24. The van der Waals surface area contributed by atoms with Gasteiger partial charge in [-0.3, -0.25) is 5.10 Å². The Morgan fingerprint density at radius 3 is 2.75 bits per heavy atom. The molecule has 1 aliphatic rings. The number of hydrogen-bond donors (Lipinski definition) is 2. The topological polar surface area (TPSA) is 40.7 Å². The maximum atomic E-state index is 4.00. The summed E-state index contributed by atoms with van der Waals surface area (Å²) >= 11 is 0. The van der Waals surface area contributed by atoms with E-state index in [1.54, 1.807) is 0 Å². The minimum Gasteiger partial charge on any atom is -0.317 e. The average Bonchev–Trinajstić information content (AvgIpc) is 2.58. The molecule has 0 radical (unpaired) electrons. The fourth-order valence-corrected chi connectivity index (χ4v) is 1.84. The molecule has 0 bridgehead atoms. The second-order valence-corrected chi connectivity index (χ2v) is 3.78. The summed E-state index contributed by atoms with van der Waals surface area (Å²) in [4.78, 5) is 0. The molecule has 66 valence electrons. The molecule has 1 fully saturated rings. The lowest BCUT2D eigenvalue weighted by Crippen LogP contribution is -2.37. The van der Waals surface area contributed by atoms with Crippen LogP contribution in [0.4, 0.5) is 0 Å². The third-order valence-corrected chi connectivity index (χ3v) is 2.86. The fourth-order valence-electron chi connectivity index (χ4n) is 1.84. The van der Waals surface area contributed by atoms with Gasteiger partial charge in [0.05, 0.1) is 0 Å². The lowest BCUT2D eigenvalue weighted by molar-refractivity contribution is 0.327. The number of nitrogens with zero attached hydrogens (tertiary/aromatic N) is 1. The van der Waals surface area contributed by atoms with Crippen molar-refractivity contribution in [2.45, 2.75) is 25.2 Å². The number of hydrogen-bond acceptors (Lipinski definition) is 2. The van der Waals surface area contributed by atoms with Crippen LogP contribution in [0.1, 0.15) is 25.5 Å². The zero-order valence-corrected chi connectivity index (χ0v) is 7.43. The van der Waals surface area contributed by atoms with Gasteiger partial charge in [-0.15, -0.1) is 0 Å². The molecule has 1 aromatic rings. The van der Waals surface area contributed by atoms with E-state index in [-0.39, 0.29) is 0 Å². The van der Waals surface area contributed by atoms with Crippen molar-refractivity contribution in [2.75, 3.05) is 13.1 Å². The Hall–Kier alpha value is -0.830. The molecular formula is C9H15N3. The summed E-state index contributed by atoms with van der Waals surface area (Å²) in [5.41, 5.74) is 1.60. The highest BCUT2D eigenvalue weighted by Crippen LogP contribution is 2.30. The first kappa shape index (κ1) is 7.80. The molecule has 0 unspecified atom stereocenters. The van der Waals surface area contributed by atoms with E-state index in [0.29, 0.717) is 5.41 Å². The molecular weight excluding hydrogens is 150 g/mol. The zero-order valence-electron chi connectivity index (χ0n) is 7.43. The Morgan fingerprint density at radius 1 is 1.42 bits per heavy atom. The van der Waals surface area contributed by atoms with E-state index < -0.39 is 0 Å². The normalized spacial score (nSPS) is 22.4. The summed E-state index contributed by atoms with van der Waals surface area (Å²) in [6.45, 7) is 4.55. The molecule has 2 rings (SSSR count). The number of rotatable bonds is 1. The van der Waals surface area contributed by atoms with E-state index in [9.17, 15) is 0 Å². The van der Waals surface area contributed by atoms with Gasteiger partial charge in [-0.1, -0.05) is 6.92 Å². The summed E-state index contributed by atoms with van der Waals surface area (Å²) in [6, 6.07) is 2.09. The van der Waals surface area contributed by atoms with E-state index in [1.165, 1.54) is 18.5 Å². The van der Waals surface area contributed by atoms with Gasteiger partial charge >= 0.3 is 0 Å². The van der Waals surface area contributed by atoms with Gasteiger partial charge < -0.3 is 5.32 Å². The zero-order chi connectivity index (χ0) is 8.44. The second-order valence-electron chi connectivity index (χ2n) is 3.78. The Kier molecular flexibility index (Phi) is 1.89. The standard InChI is InChI=1S/C9H15N3/c1-9(3-6-10-7-4-9)8-2-5-11-12-8/h2,5,10H,3-4,6-7H2,1H3,(H,11,12). The third kappa shape index (κ3) is 1.25. The lowest BCUT2D eigenvalue weighted by Gasteiger charge is -2.32. The molecule has 2 N–H and O–H groups in total. The van der Waals surface area contributed by atoms with Crippen molar-refractivity contribution in [1.82, 2.24) is 15.5 Å². The summed E-state index contributed by atoms with van der Waals surface area (Å²) in [5.74, 6) is 0. The van der Waals surface area contributed by atoms with E-state index in [2.05, 4.69) is 28.5 Å². The Bertz CT molecular complexity index is 234. The van der Waals surface area contributed by atoms with E-state index in [1.807, 2.05) is 6.20 Å². The molecule has 3 heteroatoms. The number of aromatic nitrogens is 2. The van der Waals surface area contributed by atoms with Gasteiger partial charge in [-0.2, -0.15) is 5.10 Å². The minimum absolute atomic E-state index is 0.321. The smallest absolute Gasteiger partial charge is 0.0490 e. The highest BCUT2D eigenvalue weighted by molar-refractivity contribution is 5.14. The molecule has 0 spiro atoms. The van der Waals surface area contributed by atoms with Crippen LogP contribution in [0.2, 0.25) is 0 Å². The van der Waals surface area contributed by atoms with E-state index in [4.69, 9.17) is 0 Å². The summed E-state index contributed by atoms with van der Waals surface area (Å²) in [7, 11) is 0. The minimum atomic E-state index is 0.321. The van der Waals surface area contributed by atoms with Crippen LogP contribution in [0, 0.1) is 0 Å². The first-order chi connectivity index (χ1) is 5.81. The number of aromatic amines is 1. The molecule has 1 saturated heterocycles. The molecule has 0 amide bonds. The van der Waals surface area contributed by atoms with Crippen LogP contribution in [0.5, 0.6) is 0 Å².